The number of fused-ring (bicyclic) bond motifs is 20. The second-order valence-corrected chi connectivity index (χ2v) is 29.2. The van der Waals surface area contributed by atoms with E-state index in [0.29, 0.717) is 5.82 Å². The van der Waals surface area contributed by atoms with Gasteiger partial charge in [-0.15, -0.1) is 0 Å². The van der Waals surface area contributed by atoms with Crippen molar-refractivity contribution in [3.05, 3.63) is 358 Å². The average molecular weight is 1400 g/mol. The topological polar surface area (TPSA) is 80.0 Å². The van der Waals surface area contributed by atoms with Crippen molar-refractivity contribution in [3.63, 3.8) is 0 Å². The first-order valence-electron chi connectivity index (χ1n) is 37.4. The molecule has 0 amide bonds. The van der Waals surface area contributed by atoms with Crippen LogP contribution in [-0.2, 0) is 0 Å². The minimum absolute atomic E-state index is 0.626. The standard InChI is InChI=1S/C102H59N5O3/c1-7-25-89-75(19-1)78-42-34-64(67-37-45-84-81-22-4-10-28-95(81)108-98(84)57-67)54-92(78)105(89)72-17-13-15-70(51-72)101-87-53-63(60-31-32-62-50-74(41-33-61(62)49-60)107-91-27-9-3-21-77(91)80-44-36-66(56-94(80)107)69-39-47-86-83-24-6-12-30-97(83)110-100(86)59-69)40-48-88(87)103-102(104-101)71-16-14-18-73(52-71)106-90-26-8-2-20-76(90)79-43-35-65(55-93(79)106)68-38-46-85-82-23-5-11-29-96(82)109-99(85)58-68/h1-59H. The van der Waals surface area contributed by atoms with Crippen LogP contribution in [0.1, 0.15) is 0 Å². The van der Waals surface area contributed by atoms with Crippen molar-refractivity contribution in [1.82, 2.24) is 23.7 Å². The molecule has 7 heterocycles. The van der Waals surface area contributed by atoms with Gasteiger partial charge >= 0.3 is 0 Å². The Bertz CT molecular complexity index is 8070. The lowest BCUT2D eigenvalue weighted by Crippen LogP contribution is -1.99. The van der Waals surface area contributed by atoms with Crippen LogP contribution >= 0.6 is 0 Å². The van der Waals surface area contributed by atoms with Crippen LogP contribution in [0, 0.1) is 0 Å². The molecule has 0 fully saturated rings. The van der Waals surface area contributed by atoms with E-state index in [-0.39, 0.29) is 0 Å². The molecule has 0 saturated carbocycles. The Hall–Kier alpha value is -14.9. The smallest absolute Gasteiger partial charge is 0.160 e. The van der Waals surface area contributed by atoms with Gasteiger partial charge in [0, 0.05) is 98.2 Å². The Morgan fingerprint density at radius 3 is 1.00 bits per heavy atom. The van der Waals surface area contributed by atoms with Crippen LogP contribution in [0.5, 0.6) is 0 Å². The molecule has 24 rings (SSSR count). The van der Waals surface area contributed by atoms with Gasteiger partial charge in [0.1, 0.15) is 33.5 Å². The molecule has 0 aliphatic heterocycles. The van der Waals surface area contributed by atoms with Crippen molar-refractivity contribution >= 4 is 153 Å². The van der Waals surface area contributed by atoms with Crippen LogP contribution in [-0.4, -0.2) is 23.7 Å². The van der Waals surface area contributed by atoms with Crippen LogP contribution in [0.2, 0.25) is 0 Å². The summed E-state index contributed by atoms with van der Waals surface area (Å²) < 4.78 is 26.5. The van der Waals surface area contributed by atoms with E-state index in [2.05, 4.69) is 335 Å². The van der Waals surface area contributed by atoms with Gasteiger partial charge in [-0.2, -0.15) is 0 Å². The average Bonchev–Trinajstić information content (AvgIpc) is 1.60. The van der Waals surface area contributed by atoms with Crippen molar-refractivity contribution in [2.75, 3.05) is 0 Å². The maximum Gasteiger partial charge on any atom is 0.160 e. The second-order valence-electron chi connectivity index (χ2n) is 29.2. The molecule has 7 aromatic heterocycles. The predicted molar refractivity (Wildman–Crippen MR) is 455 cm³/mol. The first-order chi connectivity index (χ1) is 54.4. The maximum absolute atomic E-state index is 6.44. The SMILES string of the molecule is c1cc(-c2nc(-c3cccc(-n4c5ccccc5c5ccc(-c6ccc7c(c6)oc6ccccc67)cc54)c3)c3cc(-c4ccc5cc(-n6c7ccccc7c7ccc(-c8ccc9c(c8)oc8ccccc89)cc76)ccc5c4)ccc3n2)cc(-n2c3ccccc3c3ccc(-c4ccc5c(c4)oc4ccccc45)cc32)c1. The quantitative estimate of drug-likeness (QED) is 0.144. The molecule has 0 bridgehead atoms. The van der Waals surface area contributed by atoms with Crippen LogP contribution in [0.3, 0.4) is 0 Å². The van der Waals surface area contributed by atoms with Gasteiger partial charge in [-0.25, -0.2) is 9.97 Å². The molecular weight excluding hydrogens is 1340 g/mol. The fourth-order valence-electron chi connectivity index (χ4n) is 17.8. The van der Waals surface area contributed by atoms with Crippen molar-refractivity contribution < 1.29 is 13.3 Å². The number of benzene rings is 17. The summed E-state index contributed by atoms with van der Waals surface area (Å²) in [4.78, 5) is 11.3. The van der Waals surface area contributed by atoms with Crippen LogP contribution in [0.25, 0.3) is 237 Å². The first-order valence-corrected chi connectivity index (χ1v) is 37.4. The lowest BCUT2D eigenvalue weighted by molar-refractivity contribution is 0.668. The molecule has 24 aromatic rings. The molecule has 0 aliphatic rings. The normalized spacial score (nSPS) is 12.2. The minimum Gasteiger partial charge on any atom is -0.456 e. The summed E-state index contributed by atoms with van der Waals surface area (Å²) in [6.45, 7) is 0. The molecule has 8 nitrogen and oxygen atoms in total. The summed E-state index contributed by atoms with van der Waals surface area (Å²) in [6.07, 6.45) is 0. The largest absolute Gasteiger partial charge is 0.456 e. The van der Waals surface area contributed by atoms with Gasteiger partial charge in [-0.3, -0.25) is 0 Å². The van der Waals surface area contributed by atoms with Crippen molar-refractivity contribution in [2.45, 2.75) is 0 Å². The zero-order valence-electron chi connectivity index (χ0n) is 59.0. The summed E-state index contributed by atoms with van der Waals surface area (Å²) in [6, 6.07) is 129. The fraction of sp³-hybridized carbons (Fsp3) is 0. The number of furan rings is 3. The Labute approximate surface area is 628 Å². The molecular formula is C102H59N5O3. The second kappa shape index (κ2) is 23.3. The van der Waals surface area contributed by atoms with Crippen LogP contribution < -0.4 is 0 Å². The van der Waals surface area contributed by atoms with E-state index in [1.165, 1.54) is 32.3 Å². The van der Waals surface area contributed by atoms with E-state index in [1.807, 2.05) is 36.4 Å². The number of rotatable bonds is 9. The zero-order valence-corrected chi connectivity index (χ0v) is 59.0. The third-order valence-corrected chi connectivity index (χ3v) is 23.0. The van der Waals surface area contributed by atoms with Gasteiger partial charge in [0.25, 0.3) is 0 Å². The van der Waals surface area contributed by atoms with Crippen LogP contribution in [0.15, 0.2) is 371 Å². The minimum atomic E-state index is 0.626. The number of para-hydroxylation sites is 6. The Morgan fingerprint density at radius 1 is 0.182 bits per heavy atom. The number of nitrogens with zero attached hydrogens (tertiary/aromatic N) is 5. The Balaban J connectivity index is 0.643. The Kier molecular flexibility index (Phi) is 12.8. The molecule has 8 heteroatoms. The molecule has 0 saturated heterocycles. The molecule has 510 valence electrons. The number of hydrogen-bond donors (Lipinski definition) is 0. The van der Waals surface area contributed by atoms with E-state index >= 15 is 0 Å². The third-order valence-electron chi connectivity index (χ3n) is 23.0. The molecule has 0 radical (unpaired) electrons. The van der Waals surface area contributed by atoms with E-state index in [0.717, 1.165) is 199 Å². The van der Waals surface area contributed by atoms with E-state index < -0.39 is 0 Å². The monoisotopic (exact) mass is 1400 g/mol. The molecule has 0 aliphatic carbocycles. The highest BCUT2D eigenvalue weighted by atomic mass is 16.3. The summed E-state index contributed by atoms with van der Waals surface area (Å²) in [7, 11) is 0. The van der Waals surface area contributed by atoms with Gasteiger partial charge in [0.15, 0.2) is 5.82 Å². The number of aromatic nitrogens is 5. The van der Waals surface area contributed by atoms with E-state index in [4.69, 9.17) is 23.2 Å². The molecule has 0 spiro atoms. The maximum atomic E-state index is 6.44. The van der Waals surface area contributed by atoms with Gasteiger partial charge in [-0.05, 0) is 201 Å². The third kappa shape index (κ3) is 9.27. The molecule has 0 N–H and O–H groups in total. The molecule has 0 atom stereocenters. The first kappa shape index (κ1) is 60.4. The van der Waals surface area contributed by atoms with Gasteiger partial charge in [-0.1, -0.05) is 212 Å². The highest BCUT2D eigenvalue weighted by Gasteiger charge is 2.23. The fourth-order valence-corrected chi connectivity index (χ4v) is 17.8. The Morgan fingerprint density at radius 2 is 0.518 bits per heavy atom. The van der Waals surface area contributed by atoms with Gasteiger partial charge in [0.2, 0.25) is 0 Å². The van der Waals surface area contributed by atoms with Crippen molar-refractivity contribution in [1.29, 1.82) is 0 Å². The molecule has 110 heavy (non-hydrogen) atoms. The lowest BCUT2D eigenvalue weighted by atomic mass is 9.97. The zero-order chi connectivity index (χ0) is 71.8. The van der Waals surface area contributed by atoms with E-state index in [9.17, 15) is 0 Å². The summed E-state index contributed by atoms with van der Waals surface area (Å²) in [5, 5.41) is 17.0. The van der Waals surface area contributed by atoms with Gasteiger partial charge < -0.3 is 27.0 Å². The lowest BCUT2D eigenvalue weighted by Gasteiger charge is -2.15. The predicted octanol–water partition coefficient (Wildman–Crippen LogP) is 27.8. The van der Waals surface area contributed by atoms with Crippen molar-refractivity contribution in [3.8, 4) is 84.2 Å². The summed E-state index contributed by atoms with van der Waals surface area (Å²) in [5.41, 5.74) is 27.4. The van der Waals surface area contributed by atoms with Gasteiger partial charge in [0.05, 0.1) is 44.3 Å². The molecule has 17 aromatic carbocycles. The van der Waals surface area contributed by atoms with Crippen LogP contribution in [0.4, 0.5) is 0 Å². The van der Waals surface area contributed by atoms with E-state index in [1.54, 1.807) is 0 Å². The summed E-state index contributed by atoms with van der Waals surface area (Å²) in [5.74, 6) is 0.626. The molecule has 0 unspecified atom stereocenters. The van der Waals surface area contributed by atoms with Crippen molar-refractivity contribution in [2.24, 2.45) is 0 Å². The number of hydrogen-bond acceptors (Lipinski definition) is 5. The highest BCUT2D eigenvalue weighted by molar-refractivity contribution is 6.15. The summed E-state index contributed by atoms with van der Waals surface area (Å²) >= 11 is 0. The highest BCUT2D eigenvalue weighted by Crippen LogP contribution is 2.44.